The van der Waals surface area contributed by atoms with E-state index in [1.54, 1.807) is 12.1 Å². The molecule has 6 amide bonds. The lowest BCUT2D eigenvalue weighted by molar-refractivity contribution is -0.149. The first-order valence-corrected chi connectivity index (χ1v) is 17.9. The van der Waals surface area contributed by atoms with Crippen LogP contribution in [0.3, 0.4) is 0 Å². The summed E-state index contributed by atoms with van der Waals surface area (Å²) in [4.78, 5) is 93.3. The van der Waals surface area contributed by atoms with Crippen LogP contribution in [0.4, 0.5) is 0 Å². The lowest BCUT2D eigenvalue weighted by atomic mass is 10.0. The second-order valence-electron chi connectivity index (χ2n) is 12.8. The number of nitrogens with zero attached hydrogens (tertiary/aromatic N) is 2. The molecule has 0 saturated carbocycles. The van der Waals surface area contributed by atoms with Gasteiger partial charge in [0.15, 0.2) is 0 Å². The van der Waals surface area contributed by atoms with Crippen molar-refractivity contribution >= 4 is 54.0 Å². The van der Waals surface area contributed by atoms with Gasteiger partial charge < -0.3 is 57.9 Å². The van der Waals surface area contributed by atoms with Gasteiger partial charge in [-0.3, -0.25) is 28.8 Å². The molecule has 0 spiro atoms. The maximum Gasteiger partial charge on any atom is 0.326 e. The minimum atomic E-state index is -1.28. The lowest BCUT2D eigenvalue weighted by Crippen LogP contribution is -2.58. The maximum atomic E-state index is 13.5. The monoisotopic (exact) mass is 750 g/mol. The van der Waals surface area contributed by atoms with Crippen molar-refractivity contribution in [1.29, 1.82) is 0 Å². The van der Waals surface area contributed by atoms with Crippen LogP contribution in [0.5, 0.6) is 5.75 Å². The van der Waals surface area contributed by atoms with Crippen molar-refractivity contribution in [3.8, 4) is 5.75 Å². The summed E-state index contributed by atoms with van der Waals surface area (Å²) in [6.07, 6.45) is 2.69. The number of rotatable bonds is 19. The molecule has 2 aliphatic heterocycles. The van der Waals surface area contributed by atoms with Gasteiger partial charge >= 0.3 is 5.97 Å². The van der Waals surface area contributed by atoms with Crippen LogP contribution in [0, 0.1) is 0 Å². The number of benzene rings is 1. The Bertz CT molecular complexity index is 1430. The summed E-state index contributed by atoms with van der Waals surface area (Å²) in [6, 6.07) is -0.787. The van der Waals surface area contributed by atoms with Gasteiger partial charge in [0.1, 0.15) is 42.0 Å². The summed E-state index contributed by atoms with van der Waals surface area (Å²) in [5.41, 5.74) is 11.8. The quantitative estimate of drug-likeness (QED) is 0.0499. The average Bonchev–Trinajstić information content (AvgIpc) is 3.83. The zero-order valence-electron chi connectivity index (χ0n) is 28.9. The molecule has 2 fully saturated rings. The highest BCUT2D eigenvalue weighted by molar-refractivity contribution is 7.80. The number of aliphatic hydroxyl groups excluding tert-OH is 1. The average molecular weight is 751 g/mol. The highest BCUT2D eigenvalue weighted by atomic mass is 32.1. The van der Waals surface area contributed by atoms with E-state index in [0.717, 1.165) is 0 Å². The Morgan fingerprint density at radius 3 is 2.10 bits per heavy atom. The molecule has 0 unspecified atom stereocenters. The molecule has 19 heteroatoms. The fourth-order valence-electron chi connectivity index (χ4n) is 6.14. The molecule has 11 N–H and O–H groups in total. The van der Waals surface area contributed by atoms with Gasteiger partial charge in [0.25, 0.3) is 0 Å². The molecule has 2 saturated heterocycles. The third-order valence-electron chi connectivity index (χ3n) is 9.03. The first-order valence-electron chi connectivity index (χ1n) is 17.3. The van der Waals surface area contributed by atoms with Crippen LogP contribution in [-0.2, 0) is 40.0 Å². The molecule has 52 heavy (non-hydrogen) atoms. The molecule has 18 nitrogen and oxygen atoms in total. The number of hydrogen-bond acceptors (Lipinski definition) is 12. The lowest BCUT2D eigenvalue weighted by Gasteiger charge is -2.29. The van der Waals surface area contributed by atoms with Gasteiger partial charge in [0, 0.05) is 25.3 Å². The molecule has 0 bridgehead atoms. The van der Waals surface area contributed by atoms with Crippen molar-refractivity contribution < 1.29 is 48.9 Å². The largest absolute Gasteiger partial charge is 0.508 e. The number of carbonyl (C=O) groups excluding carboxylic acids is 6. The Hall–Kier alpha value is -4.46. The number of carboxylic acids is 1. The van der Waals surface area contributed by atoms with Crippen LogP contribution < -0.4 is 32.7 Å². The van der Waals surface area contributed by atoms with Gasteiger partial charge in [-0.25, -0.2) is 4.79 Å². The van der Waals surface area contributed by atoms with E-state index < -0.39 is 90.8 Å². The third-order valence-corrected chi connectivity index (χ3v) is 9.40. The Balaban J connectivity index is 1.69. The van der Waals surface area contributed by atoms with Crippen molar-refractivity contribution in [3.05, 3.63) is 29.8 Å². The number of aliphatic carboxylic acids is 1. The van der Waals surface area contributed by atoms with Gasteiger partial charge in [-0.1, -0.05) is 12.1 Å². The van der Waals surface area contributed by atoms with Crippen molar-refractivity contribution in [2.24, 2.45) is 11.5 Å². The van der Waals surface area contributed by atoms with E-state index in [4.69, 9.17) is 11.5 Å². The SMILES string of the molecule is NCCCC[C@H](NC(=O)[C@@H](N)CO)C(=O)N[C@@H](Cc1ccc(O)cc1)C(=O)NCC(=O)N1CCC[C@H]1C(=O)N[C@@H](CS)C(=O)N1CCC[C@H]1C(=O)O. The van der Waals surface area contributed by atoms with Crippen LogP contribution in [0.25, 0.3) is 0 Å². The van der Waals surface area contributed by atoms with E-state index in [2.05, 4.69) is 33.9 Å². The normalized spacial score (nSPS) is 19.2. The topological polar surface area (TPSA) is 287 Å². The Morgan fingerprint density at radius 2 is 1.48 bits per heavy atom. The maximum absolute atomic E-state index is 13.5. The van der Waals surface area contributed by atoms with Crippen molar-refractivity contribution in [2.75, 3.05) is 38.5 Å². The van der Waals surface area contributed by atoms with Crippen LogP contribution in [-0.4, -0.2) is 141 Å². The van der Waals surface area contributed by atoms with E-state index >= 15 is 0 Å². The zero-order valence-corrected chi connectivity index (χ0v) is 29.8. The number of aliphatic hydroxyl groups is 1. The van der Waals surface area contributed by atoms with Crippen molar-refractivity contribution in [1.82, 2.24) is 31.1 Å². The number of amides is 6. The first kappa shape index (κ1) is 42.0. The molecule has 3 rings (SSSR count). The number of nitrogens with one attached hydrogen (secondary N) is 4. The van der Waals surface area contributed by atoms with Crippen molar-refractivity contribution in [3.63, 3.8) is 0 Å². The smallest absolute Gasteiger partial charge is 0.326 e. The van der Waals surface area contributed by atoms with E-state index in [9.17, 15) is 48.9 Å². The molecule has 0 aliphatic carbocycles. The number of thiol groups is 1. The van der Waals surface area contributed by atoms with E-state index in [-0.39, 0.29) is 43.9 Å². The highest BCUT2D eigenvalue weighted by Crippen LogP contribution is 2.21. The molecule has 6 atom stereocenters. The van der Waals surface area contributed by atoms with E-state index in [1.807, 2.05) is 0 Å². The Kier molecular flexibility index (Phi) is 16.6. The summed E-state index contributed by atoms with van der Waals surface area (Å²) >= 11 is 4.19. The van der Waals surface area contributed by atoms with E-state index in [0.29, 0.717) is 44.2 Å². The second-order valence-corrected chi connectivity index (χ2v) is 13.2. The minimum Gasteiger partial charge on any atom is -0.508 e. The number of likely N-dealkylation sites (tertiary alicyclic amines) is 2. The van der Waals surface area contributed by atoms with Gasteiger partial charge in [0.2, 0.25) is 35.4 Å². The minimum absolute atomic E-state index is 0.0166. The van der Waals surface area contributed by atoms with Crippen LogP contribution in [0.1, 0.15) is 50.5 Å². The summed E-state index contributed by atoms with van der Waals surface area (Å²) in [7, 11) is 0. The number of phenols is 1. The summed E-state index contributed by atoms with van der Waals surface area (Å²) in [5, 5.41) is 38.7. The molecule has 288 valence electrons. The number of aromatic hydroxyl groups is 1. The van der Waals surface area contributed by atoms with Gasteiger partial charge in [-0.15, -0.1) is 0 Å². The number of carbonyl (C=O) groups is 7. The number of phenolic OH excluding ortho intramolecular Hbond substituents is 1. The molecule has 1 aromatic rings. The first-order chi connectivity index (χ1) is 24.8. The van der Waals surface area contributed by atoms with Gasteiger partial charge in [-0.2, -0.15) is 12.6 Å². The van der Waals surface area contributed by atoms with Crippen LogP contribution >= 0.6 is 12.6 Å². The van der Waals surface area contributed by atoms with Crippen LogP contribution in [0.15, 0.2) is 24.3 Å². The summed E-state index contributed by atoms with van der Waals surface area (Å²) in [5.74, 6) is -5.25. The van der Waals surface area contributed by atoms with Gasteiger partial charge in [0.05, 0.1) is 13.2 Å². The second kappa shape index (κ2) is 20.5. The number of carboxylic acid groups (broad SMARTS) is 1. The number of hydrogen-bond donors (Lipinski definition) is 10. The highest BCUT2D eigenvalue weighted by Gasteiger charge is 2.40. The van der Waals surface area contributed by atoms with Crippen LogP contribution in [0.2, 0.25) is 0 Å². The molecule has 0 radical (unpaired) electrons. The third kappa shape index (κ3) is 11.8. The molecule has 0 aromatic heterocycles. The molecule has 2 aliphatic rings. The zero-order chi connectivity index (χ0) is 38.4. The summed E-state index contributed by atoms with van der Waals surface area (Å²) < 4.78 is 0. The summed E-state index contributed by atoms with van der Waals surface area (Å²) in [6.45, 7) is -0.401. The molecule has 1 aromatic carbocycles. The Labute approximate surface area is 306 Å². The molecular weight excluding hydrogens is 700 g/mol. The number of unbranched alkanes of at least 4 members (excludes halogenated alkanes) is 1. The predicted octanol–water partition coefficient (Wildman–Crippen LogP) is -3.05. The fourth-order valence-corrected chi connectivity index (χ4v) is 6.39. The van der Waals surface area contributed by atoms with E-state index in [1.165, 1.54) is 21.9 Å². The standard InChI is InChI=1S/C33H50N8O10S/c34-12-2-1-5-22(37-28(45)21(35)17-42)30(47)38-23(15-19-8-10-20(43)11-9-19)29(46)36-16-27(44)40-13-3-6-25(40)31(48)39-24(18-52)32(49)41-14-4-7-26(41)33(50)51/h8-11,21-26,42-43,52H,1-7,12-18,34-35H2,(H,36,46)(H,37,45)(H,38,47)(H,39,48)(H,50,51)/t21-,22-,23-,24-,25-,26-/m0/s1. The van der Waals surface area contributed by atoms with Crippen molar-refractivity contribution in [2.45, 2.75) is 87.6 Å². The molecule has 2 heterocycles. The fraction of sp³-hybridized carbons (Fsp3) is 0.606. The Morgan fingerprint density at radius 1 is 0.846 bits per heavy atom. The predicted molar refractivity (Wildman–Crippen MR) is 190 cm³/mol. The van der Waals surface area contributed by atoms with Gasteiger partial charge in [-0.05, 0) is 69.2 Å². The molecular formula is C33H50N8O10S. The number of nitrogens with two attached hydrogens (primary N) is 2.